The lowest BCUT2D eigenvalue weighted by molar-refractivity contribution is 0.103. The number of hydrogen-bond donors (Lipinski definition) is 0. The summed E-state index contributed by atoms with van der Waals surface area (Å²) in [6.07, 6.45) is 1.53. The molecule has 0 N–H and O–H groups in total. The van der Waals surface area contributed by atoms with E-state index in [1.807, 2.05) is 26.0 Å². The third kappa shape index (κ3) is 2.04. The highest BCUT2D eigenvalue weighted by Gasteiger charge is 2.20. The van der Waals surface area contributed by atoms with Crippen molar-refractivity contribution in [2.45, 2.75) is 20.8 Å². The molecule has 1 heterocycles. The molecule has 0 saturated carbocycles. The summed E-state index contributed by atoms with van der Waals surface area (Å²) in [5.41, 5.74) is 3.18. The van der Waals surface area contributed by atoms with Crippen LogP contribution in [0.25, 0.3) is 0 Å². The molecule has 0 radical (unpaired) electrons. The van der Waals surface area contributed by atoms with Crippen LogP contribution in [0.5, 0.6) is 5.75 Å². The van der Waals surface area contributed by atoms with Crippen molar-refractivity contribution in [3.63, 3.8) is 0 Å². The molecular formula is C15H16O3. The summed E-state index contributed by atoms with van der Waals surface area (Å²) >= 11 is 0. The fourth-order valence-corrected chi connectivity index (χ4v) is 2.14. The number of hydrogen-bond acceptors (Lipinski definition) is 3. The number of ketones is 1. The SMILES string of the molecule is COc1cc(C)cc(C)c1C(=O)c1ccoc1C. The fourth-order valence-electron chi connectivity index (χ4n) is 2.14. The van der Waals surface area contributed by atoms with Gasteiger partial charge in [0.05, 0.1) is 24.5 Å². The molecule has 94 valence electrons. The first-order chi connectivity index (χ1) is 8.54. The molecule has 0 bridgehead atoms. The van der Waals surface area contributed by atoms with Gasteiger partial charge in [0.25, 0.3) is 0 Å². The van der Waals surface area contributed by atoms with Gasteiger partial charge in [-0.2, -0.15) is 0 Å². The summed E-state index contributed by atoms with van der Waals surface area (Å²) in [5, 5.41) is 0. The number of carbonyl (C=O) groups is 1. The Balaban J connectivity index is 2.58. The Morgan fingerprint density at radius 3 is 2.50 bits per heavy atom. The van der Waals surface area contributed by atoms with E-state index in [-0.39, 0.29) is 5.78 Å². The molecule has 1 aromatic carbocycles. The normalized spacial score (nSPS) is 10.4. The monoisotopic (exact) mass is 244 g/mol. The van der Waals surface area contributed by atoms with E-state index in [1.165, 1.54) is 6.26 Å². The van der Waals surface area contributed by atoms with Crippen molar-refractivity contribution in [3.8, 4) is 5.75 Å². The average Bonchev–Trinajstić information content (AvgIpc) is 2.73. The molecule has 2 rings (SSSR count). The van der Waals surface area contributed by atoms with Crippen LogP contribution in [0.1, 0.15) is 32.8 Å². The minimum Gasteiger partial charge on any atom is -0.496 e. The molecule has 3 nitrogen and oxygen atoms in total. The van der Waals surface area contributed by atoms with E-state index >= 15 is 0 Å². The molecule has 0 aliphatic carbocycles. The van der Waals surface area contributed by atoms with Gasteiger partial charge in [0.15, 0.2) is 0 Å². The van der Waals surface area contributed by atoms with Gasteiger partial charge >= 0.3 is 0 Å². The Morgan fingerprint density at radius 2 is 1.94 bits per heavy atom. The molecule has 0 fully saturated rings. The first-order valence-corrected chi connectivity index (χ1v) is 5.78. The second-order valence-corrected chi connectivity index (χ2v) is 4.38. The molecule has 0 saturated heterocycles. The van der Waals surface area contributed by atoms with Crippen LogP contribution in [0.15, 0.2) is 28.9 Å². The molecule has 0 aliphatic heterocycles. The highest BCUT2D eigenvalue weighted by atomic mass is 16.5. The van der Waals surface area contributed by atoms with E-state index in [9.17, 15) is 4.79 Å². The van der Waals surface area contributed by atoms with E-state index in [4.69, 9.17) is 9.15 Å². The van der Waals surface area contributed by atoms with Gasteiger partial charge in [-0.1, -0.05) is 6.07 Å². The highest BCUT2D eigenvalue weighted by Crippen LogP contribution is 2.27. The first kappa shape index (κ1) is 12.4. The van der Waals surface area contributed by atoms with Gasteiger partial charge in [0.1, 0.15) is 11.5 Å². The van der Waals surface area contributed by atoms with Crippen LogP contribution in [0, 0.1) is 20.8 Å². The molecule has 0 aliphatic rings. The van der Waals surface area contributed by atoms with Crippen molar-refractivity contribution in [2.75, 3.05) is 7.11 Å². The molecule has 0 unspecified atom stereocenters. The molecule has 3 heteroatoms. The summed E-state index contributed by atoms with van der Waals surface area (Å²) in [6.45, 7) is 5.67. The maximum absolute atomic E-state index is 12.5. The van der Waals surface area contributed by atoms with Crippen LogP contribution in [0.2, 0.25) is 0 Å². The topological polar surface area (TPSA) is 39.4 Å². The minimum absolute atomic E-state index is 0.0596. The summed E-state index contributed by atoms with van der Waals surface area (Å²) in [6, 6.07) is 5.54. The van der Waals surface area contributed by atoms with Crippen LogP contribution in [0.4, 0.5) is 0 Å². The summed E-state index contributed by atoms with van der Waals surface area (Å²) in [5.74, 6) is 1.18. The molecule has 0 spiro atoms. The molecule has 1 aromatic heterocycles. The summed E-state index contributed by atoms with van der Waals surface area (Å²) in [4.78, 5) is 12.5. The average molecular weight is 244 g/mol. The quantitative estimate of drug-likeness (QED) is 0.776. The molecule has 0 atom stereocenters. The predicted octanol–water partition coefficient (Wildman–Crippen LogP) is 3.44. The van der Waals surface area contributed by atoms with Crippen LogP contribution in [0.3, 0.4) is 0 Å². The van der Waals surface area contributed by atoms with E-state index < -0.39 is 0 Å². The van der Waals surface area contributed by atoms with Gasteiger partial charge in [-0.15, -0.1) is 0 Å². The third-order valence-corrected chi connectivity index (χ3v) is 2.99. The van der Waals surface area contributed by atoms with Crippen molar-refractivity contribution >= 4 is 5.78 Å². The zero-order valence-electron chi connectivity index (χ0n) is 11.0. The largest absolute Gasteiger partial charge is 0.496 e. The van der Waals surface area contributed by atoms with Crippen LogP contribution in [-0.2, 0) is 0 Å². The second-order valence-electron chi connectivity index (χ2n) is 4.38. The smallest absolute Gasteiger partial charge is 0.200 e. The first-order valence-electron chi connectivity index (χ1n) is 5.78. The van der Waals surface area contributed by atoms with E-state index in [0.29, 0.717) is 22.6 Å². The Hall–Kier alpha value is -2.03. The van der Waals surface area contributed by atoms with Gasteiger partial charge in [0.2, 0.25) is 5.78 Å². The maximum atomic E-state index is 12.5. The summed E-state index contributed by atoms with van der Waals surface area (Å²) < 4.78 is 10.5. The Labute approximate surface area is 106 Å². The Bertz CT molecular complexity index is 594. The van der Waals surface area contributed by atoms with Gasteiger partial charge in [-0.25, -0.2) is 0 Å². The Kier molecular flexibility index (Phi) is 3.24. The molecular weight excluding hydrogens is 228 g/mol. The van der Waals surface area contributed by atoms with Gasteiger partial charge in [0, 0.05) is 0 Å². The number of carbonyl (C=O) groups excluding carboxylic acids is 1. The van der Waals surface area contributed by atoms with Crippen molar-refractivity contribution in [1.82, 2.24) is 0 Å². The maximum Gasteiger partial charge on any atom is 0.200 e. The number of furan rings is 1. The van der Waals surface area contributed by atoms with Gasteiger partial charge in [-0.3, -0.25) is 4.79 Å². The lowest BCUT2D eigenvalue weighted by atomic mass is 9.96. The van der Waals surface area contributed by atoms with Crippen molar-refractivity contribution in [1.29, 1.82) is 0 Å². The van der Waals surface area contributed by atoms with Crippen molar-refractivity contribution in [2.24, 2.45) is 0 Å². The van der Waals surface area contributed by atoms with Crippen molar-refractivity contribution < 1.29 is 13.9 Å². The Morgan fingerprint density at radius 1 is 1.22 bits per heavy atom. The van der Waals surface area contributed by atoms with Crippen LogP contribution in [-0.4, -0.2) is 12.9 Å². The number of methoxy groups -OCH3 is 1. The fraction of sp³-hybridized carbons (Fsp3) is 0.267. The van der Waals surface area contributed by atoms with Gasteiger partial charge in [-0.05, 0) is 44.0 Å². The number of benzene rings is 1. The lowest BCUT2D eigenvalue weighted by Crippen LogP contribution is -2.07. The van der Waals surface area contributed by atoms with E-state index in [2.05, 4.69) is 0 Å². The number of ether oxygens (including phenoxy) is 1. The third-order valence-electron chi connectivity index (χ3n) is 2.99. The second kappa shape index (κ2) is 4.69. The van der Waals surface area contributed by atoms with E-state index in [0.717, 1.165) is 11.1 Å². The van der Waals surface area contributed by atoms with Crippen molar-refractivity contribution in [3.05, 3.63) is 52.5 Å². The highest BCUT2D eigenvalue weighted by molar-refractivity contribution is 6.12. The number of rotatable bonds is 3. The lowest BCUT2D eigenvalue weighted by Gasteiger charge is -2.11. The summed E-state index contributed by atoms with van der Waals surface area (Å²) in [7, 11) is 1.58. The number of aryl methyl sites for hydroxylation is 3. The van der Waals surface area contributed by atoms with E-state index in [1.54, 1.807) is 20.1 Å². The minimum atomic E-state index is -0.0596. The molecule has 2 aromatic rings. The molecule has 0 amide bonds. The zero-order valence-corrected chi connectivity index (χ0v) is 11.0. The zero-order chi connectivity index (χ0) is 13.3. The standard InChI is InChI=1S/C15H16O3/c1-9-7-10(2)14(13(8-9)17-4)15(16)12-5-6-18-11(12)3/h5-8H,1-4H3. The van der Waals surface area contributed by atoms with Crippen LogP contribution >= 0.6 is 0 Å². The molecule has 18 heavy (non-hydrogen) atoms. The van der Waals surface area contributed by atoms with Crippen LogP contribution < -0.4 is 4.74 Å². The predicted molar refractivity (Wildman–Crippen MR) is 69.3 cm³/mol. The van der Waals surface area contributed by atoms with Gasteiger partial charge < -0.3 is 9.15 Å².